The Balaban J connectivity index is 0.00000171. The van der Waals surface area contributed by atoms with Gasteiger partial charge in [-0.05, 0) is 42.2 Å². The van der Waals surface area contributed by atoms with E-state index in [1.165, 1.54) is 11.1 Å². The lowest BCUT2D eigenvalue weighted by molar-refractivity contribution is -0.121. The lowest BCUT2D eigenvalue weighted by Gasteiger charge is -2.09. The lowest BCUT2D eigenvalue weighted by Crippen LogP contribution is -2.25. The molecular weight excluding hydrogens is 437 g/mol. The van der Waals surface area contributed by atoms with Crippen LogP contribution in [0.1, 0.15) is 34.4 Å². The predicted octanol–water partition coefficient (Wildman–Crippen LogP) is 2.84. The van der Waals surface area contributed by atoms with E-state index in [0.717, 1.165) is 24.2 Å². The molecular formula is C22H25Cl2N5O2. The van der Waals surface area contributed by atoms with Crippen LogP contribution in [0.4, 0.5) is 0 Å². The SMILES string of the molecule is Cc1nc(-c2cccnc2)[nH]c(=O)c1CCC(=O)NCc1ccc2c(c1)CNC2.Cl.Cl. The van der Waals surface area contributed by atoms with Crippen LogP contribution in [-0.4, -0.2) is 20.9 Å². The molecule has 31 heavy (non-hydrogen) atoms. The Kier molecular flexibility index (Phi) is 8.74. The van der Waals surface area contributed by atoms with Crippen LogP contribution in [0.25, 0.3) is 11.4 Å². The van der Waals surface area contributed by atoms with Crippen molar-refractivity contribution in [3.63, 3.8) is 0 Å². The van der Waals surface area contributed by atoms with Crippen LogP contribution >= 0.6 is 24.8 Å². The van der Waals surface area contributed by atoms with Crippen molar-refractivity contribution in [1.82, 2.24) is 25.6 Å². The third-order valence-electron chi connectivity index (χ3n) is 5.15. The number of hydrogen-bond acceptors (Lipinski definition) is 5. The third-order valence-corrected chi connectivity index (χ3v) is 5.15. The standard InChI is InChI=1S/C22H23N5O2.2ClH/c1-14-19(22(29)27-21(26-14)17-3-2-8-23-12-17)6-7-20(28)25-10-15-4-5-16-11-24-13-18(16)9-15;;/h2-5,8-9,12,24H,6-7,10-11,13H2,1H3,(H,25,28)(H,26,27,29);2*1H. The van der Waals surface area contributed by atoms with Gasteiger partial charge in [-0.3, -0.25) is 14.6 Å². The van der Waals surface area contributed by atoms with Gasteiger partial charge >= 0.3 is 0 Å². The number of pyridine rings is 1. The van der Waals surface area contributed by atoms with Crippen molar-refractivity contribution in [3.05, 3.63) is 81.0 Å². The average Bonchev–Trinajstić information content (AvgIpc) is 3.20. The quantitative estimate of drug-likeness (QED) is 0.523. The van der Waals surface area contributed by atoms with Crippen molar-refractivity contribution in [2.75, 3.05) is 0 Å². The summed E-state index contributed by atoms with van der Waals surface area (Å²) in [6.07, 6.45) is 3.91. The summed E-state index contributed by atoms with van der Waals surface area (Å²) in [5.74, 6) is 0.402. The maximum atomic E-state index is 12.5. The van der Waals surface area contributed by atoms with Gasteiger partial charge in [0.1, 0.15) is 5.82 Å². The van der Waals surface area contributed by atoms with Gasteiger partial charge in [0.25, 0.3) is 5.56 Å². The zero-order valence-electron chi connectivity index (χ0n) is 17.1. The largest absolute Gasteiger partial charge is 0.352 e. The number of fused-ring (bicyclic) bond motifs is 1. The predicted molar refractivity (Wildman–Crippen MR) is 124 cm³/mol. The highest BCUT2D eigenvalue weighted by Gasteiger charge is 2.13. The summed E-state index contributed by atoms with van der Waals surface area (Å²) in [4.78, 5) is 36.1. The first-order chi connectivity index (χ1) is 14.1. The number of hydrogen-bond donors (Lipinski definition) is 3. The van der Waals surface area contributed by atoms with Crippen LogP contribution in [0.15, 0.2) is 47.5 Å². The number of carbonyl (C=O) groups is 1. The highest BCUT2D eigenvalue weighted by atomic mass is 35.5. The number of aryl methyl sites for hydroxylation is 1. The van der Waals surface area contributed by atoms with E-state index in [0.29, 0.717) is 30.0 Å². The van der Waals surface area contributed by atoms with Gasteiger partial charge in [-0.2, -0.15) is 0 Å². The number of nitrogens with zero attached hydrogens (tertiary/aromatic N) is 2. The summed E-state index contributed by atoms with van der Waals surface area (Å²) in [5.41, 5.74) is 5.40. The van der Waals surface area contributed by atoms with Gasteiger partial charge in [-0.15, -0.1) is 24.8 Å². The zero-order valence-corrected chi connectivity index (χ0v) is 18.7. The number of nitrogens with one attached hydrogen (secondary N) is 3. The minimum atomic E-state index is -0.213. The molecule has 2 aromatic heterocycles. The van der Waals surface area contributed by atoms with Crippen molar-refractivity contribution in [2.24, 2.45) is 0 Å². The minimum absolute atomic E-state index is 0. The Morgan fingerprint density at radius 3 is 2.71 bits per heavy atom. The molecule has 0 radical (unpaired) electrons. The van der Waals surface area contributed by atoms with Crippen LogP contribution in [0.3, 0.4) is 0 Å². The Labute approximate surface area is 192 Å². The van der Waals surface area contributed by atoms with E-state index >= 15 is 0 Å². The molecule has 3 N–H and O–H groups in total. The van der Waals surface area contributed by atoms with E-state index in [1.807, 2.05) is 12.1 Å². The Morgan fingerprint density at radius 1 is 1.16 bits per heavy atom. The molecule has 1 aromatic carbocycles. The van der Waals surface area contributed by atoms with Gasteiger partial charge in [0.05, 0.1) is 0 Å². The number of H-pyrrole nitrogens is 1. The molecule has 0 fully saturated rings. The second-order valence-electron chi connectivity index (χ2n) is 7.20. The van der Waals surface area contributed by atoms with Crippen molar-refractivity contribution in [1.29, 1.82) is 0 Å². The van der Waals surface area contributed by atoms with Crippen LogP contribution in [0.5, 0.6) is 0 Å². The summed E-state index contributed by atoms with van der Waals surface area (Å²) in [6, 6.07) is 9.91. The van der Waals surface area contributed by atoms with E-state index < -0.39 is 0 Å². The van der Waals surface area contributed by atoms with Crippen LogP contribution < -0.4 is 16.2 Å². The Morgan fingerprint density at radius 2 is 1.97 bits per heavy atom. The molecule has 0 unspecified atom stereocenters. The van der Waals surface area contributed by atoms with Gasteiger partial charge < -0.3 is 15.6 Å². The second-order valence-corrected chi connectivity index (χ2v) is 7.20. The molecule has 4 rings (SSSR count). The van der Waals surface area contributed by atoms with Crippen LogP contribution in [-0.2, 0) is 30.8 Å². The number of benzene rings is 1. The molecule has 3 heterocycles. The summed E-state index contributed by atoms with van der Waals surface area (Å²) < 4.78 is 0. The molecule has 0 saturated heterocycles. The molecule has 0 saturated carbocycles. The van der Waals surface area contributed by atoms with Crippen LogP contribution in [0.2, 0.25) is 0 Å². The van der Waals surface area contributed by atoms with E-state index in [-0.39, 0.29) is 42.7 Å². The molecule has 1 aliphatic rings. The first kappa shape index (κ1) is 24.5. The summed E-state index contributed by atoms with van der Waals surface area (Å²) in [6.45, 7) is 4.06. The zero-order chi connectivity index (χ0) is 20.2. The summed E-state index contributed by atoms with van der Waals surface area (Å²) >= 11 is 0. The molecule has 1 aliphatic heterocycles. The van der Waals surface area contributed by atoms with E-state index in [9.17, 15) is 9.59 Å². The number of aromatic amines is 1. The third kappa shape index (κ3) is 5.91. The van der Waals surface area contributed by atoms with E-state index in [1.54, 1.807) is 25.4 Å². The summed E-state index contributed by atoms with van der Waals surface area (Å²) in [5, 5.41) is 6.25. The molecule has 0 bridgehead atoms. The maximum absolute atomic E-state index is 12.5. The number of amides is 1. The number of halogens is 2. The molecule has 3 aromatic rings. The molecule has 0 aliphatic carbocycles. The fraction of sp³-hybridized carbons (Fsp3) is 0.273. The van der Waals surface area contributed by atoms with Gasteiger partial charge in [-0.1, -0.05) is 18.2 Å². The first-order valence-electron chi connectivity index (χ1n) is 9.68. The monoisotopic (exact) mass is 461 g/mol. The Bertz CT molecular complexity index is 1100. The molecule has 1 amide bonds. The topological polar surface area (TPSA) is 99.8 Å². The van der Waals surface area contributed by atoms with Gasteiger partial charge in [0.15, 0.2) is 0 Å². The maximum Gasteiger partial charge on any atom is 0.254 e. The molecule has 0 atom stereocenters. The van der Waals surface area contributed by atoms with E-state index in [2.05, 4.69) is 37.7 Å². The average molecular weight is 462 g/mol. The highest BCUT2D eigenvalue weighted by molar-refractivity contribution is 5.85. The fourth-order valence-electron chi connectivity index (χ4n) is 3.53. The molecule has 9 heteroatoms. The van der Waals surface area contributed by atoms with Crippen molar-refractivity contribution in [3.8, 4) is 11.4 Å². The Hall–Kier alpha value is -2.74. The van der Waals surface area contributed by atoms with Crippen LogP contribution in [0, 0.1) is 6.92 Å². The first-order valence-corrected chi connectivity index (χ1v) is 9.68. The lowest BCUT2D eigenvalue weighted by atomic mass is 10.1. The number of rotatable bonds is 6. The normalized spacial score (nSPS) is 11.8. The van der Waals surface area contributed by atoms with Gasteiger partial charge in [0.2, 0.25) is 5.91 Å². The molecule has 7 nitrogen and oxygen atoms in total. The minimum Gasteiger partial charge on any atom is -0.352 e. The van der Waals surface area contributed by atoms with Gasteiger partial charge in [0, 0.05) is 55.3 Å². The van der Waals surface area contributed by atoms with E-state index in [4.69, 9.17) is 0 Å². The molecule has 0 spiro atoms. The summed E-state index contributed by atoms with van der Waals surface area (Å²) in [7, 11) is 0. The van der Waals surface area contributed by atoms with Crippen molar-refractivity contribution in [2.45, 2.75) is 39.4 Å². The molecule has 164 valence electrons. The van der Waals surface area contributed by atoms with Crippen molar-refractivity contribution < 1.29 is 4.79 Å². The van der Waals surface area contributed by atoms with Gasteiger partial charge in [-0.25, -0.2) is 4.98 Å². The number of carbonyl (C=O) groups excluding carboxylic acids is 1. The van der Waals surface area contributed by atoms with Crippen molar-refractivity contribution >= 4 is 30.7 Å². The second kappa shape index (κ2) is 11.0. The smallest absolute Gasteiger partial charge is 0.254 e. The fourth-order valence-corrected chi connectivity index (χ4v) is 3.53. The number of aromatic nitrogens is 3. The highest BCUT2D eigenvalue weighted by Crippen LogP contribution is 2.17.